The highest BCUT2D eigenvalue weighted by Crippen LogP contribution is 2.35. The molecule has 0 amide bonds. The fourth-order valence-electron chi connectivity index (χ4n) is 1.33. The van der Waals surface area contributed by atoms with Crippen LogP contribution in [-0.4, -0.2) is 39.6 Å². The van der Waals surface area contributed by atoms with Gasteiger partial charge in [-0.2, -0.15) is 0 Å². The topological polar surface area (TPSA) is 107 Å². The van der Waals surface area contributed by atoms with Crippen LogP contribution in [0.15, 0.2) is 12.1 Å². The van der Waals surface area contributed by atoms with Gasteiger partial charge in [0.2, 0.25) is 0 Å². The average molecular weight is 256 g/mol. The predicted octanol–water partition coefficient (Wildman–Crippen LogP) is 0.979. The summed E-state index contributed by atoms with van der Waals surface area (Å²) in [6.07, 6.45) is 0.513. The van der Waals surface area contributed by atoms with Gasteiger partial charge in [-0.05, 0) is 24.5 Å². The van der Waals surface area contributed by atoms with Crippen molar-refractivity contribution in [2.24, 2.45) is 5.92 Å². The smallest absolute Gasteiger partial charge is 0.338 e. The largest absolute Gasteiger partial charge is 0.504 e. The van der Waals surface area contributed by atoms with Crippen molar-refractivity contribution in [1.82, 2.24) is 0 Å². The normalized spacial score (nSPS) is 12.1. The Labute approximate surface area is 104 Å². The molecule has 0 spiro atoms. The van der Waals surface area contributed by atoms with E-state index in [0.29, 0.717) is 6.42 Å². The number of rotatable bonds is 5. The van der Waals surface area contributed by atoms with Crippen molar-refractivity contribution in [3.8, 4) is 17.2 Å². The van der Waals surface area contributed by atoms with Gasteiger partial charge in [-0.3, -0.25) is 0 Å². The van der Waals surface area contributed by atoms with Gasteiger partial charge in [0.15, 0.2) is 17.2 Å². The number of aliphatic hydroxyl groups excluding tert-OH is 1. The van der Waals surface area contributed by atoms with Crippen molar-refractivity contribution in [3.05, 3.63) is 17.7 Å². The van der Waals surface area contributed by atoms with Crippen molar-refractivity contribution in [1.29, 1.82) is 0 Å². The van der Waals surface area contributed by atoms with Crippen LogP contribution in [0.4, 0.5) is 0 Å². The Kier molecular flexibility index (Phi) is 4.79. The Bertz CT molecular complexity index is 406. The highest BCUT2D eigenvalue weighted by Gasteiger charge is 2.15. The van der Waals surface area contributed by atoms with E-state index in [1.54, 1.807) is 0 Å². The molecule has 0 saturated carbocycles. The Morgan fingerprint density at radius 1 is 1.28 bits per heavy atom. The first kappa shape index (κ1) is 14.1. The molecule has 0 aliphatic rings. The molecule has 1 unspecified atom stereocenters. The van der Waals surface area contributed by atoms with Crippen LogP contribution in [0, 0.1) is 5.92 Å². The summed E-state index contributed by atoms with van der Waals surface area (Å²) in [4.78, 5) is 11.6. The molecule has 0 bridgehead atoms. The van der Waals surface area contributed by atoms with E-state index in [9.17, 15) is 15.0 Å². The van der Waals surface area contributed by atoms with Crippen molar-refractivity contribution < 1.29 is 30.0 Å². The fourth-order valence-corrected chi connectivity index (χ4v) is 1.33. The molecule has 0 aromatic heterocycles. The molecule has 0 fully saturated rings. The van der Waals surface area contributed by atoms with E-state index >= 15 is 0 Å². The fraction of sp³-hybridized carbons (Fsp3) is 0.417. The van der Waals surface area contributed by atoms with Gasteiger partial charge in [-0.15, -0.1) is 0 Å². The zero-order valence-corrected chi connectivity index (χ0v) is 9.96. The summed E-state index contributed by atoms with van der Waals surface area (Å²) >= 11 is 0. The molecule has 1 atom stereocenters. The molecule has 0 aliphatic carbocycles. The number of benzene rings is 1. The van der Waals surface area contributed by atoms with Gasteiger partial charge in [-0.1, -0.05) is 6.92 Å². The molecule has 1 rings (SSSR count). The summed E-state index contributed by atoms with van der Waals surface area (Å²) in [5.41, 5.74) is -0.0565. The van der Waals surface area contributed by atoms with Gasteiger partial charge in [-0.25, -0.2) is 4.79 Å². The molecular weight excluding hydrogens is 240 g/mol. The second-order valence-electron chi connectivity index (χ2n) is 4.08. The van der Waals surface area contributed by atoms with E-state index in [4.69, 9.17) is 14.9 Å². The molecule has 0 saturated heterocycles. The van der Waals surface area contributed by atoms with Crippen LogP contribution >= 0.6 is 0 Å². The zero-order chi connectivity index (χ0) is 13.7. The first-order valence-corrected chi connectivity index (χ1v) is 5.48. The number of ether oxygens (including phenoxy) is 1. The van der Waals surface area contributed by atoms with Gasteiger partial charge in [0.25, 0.3) is 0 Å². The van der Waals surface area contributed by atoms with Crippen molar-refractivity contribution in [2.75, 3.05) is 13.2 Å². The molecule has 100 valence electrons. The quantitative estimate of drug-likeness (QED) is 0.462. The molecule has 6 heteroatoms. The summed E-state index contributed by atoms with van der Waals surface area (Å²) in [7, 11) is 0. The molecule has 0 heterocycles. The van der Waals surface area contributed by atoms with Gasteiger partial charge in [0.1, 0.15) is 0 Å². The predicted molar refractivity (Wildman–Crippen MR) is 62.6 cm³/mol. The lowest BCUT2D eigenvalue weighted by atomic mass is 10.1. The van der Waals surface area contributed by atoms with Crippen LogP contribution in [0.25, 0.3) is 0 Å². The van der Waals surface area contributed by atoms with Gasteiger partial charge < -0.3 is 25.2 Å². The van der Waals surface area contributed by atoms with E-state index in [0.717, 1.165) is 12.1 Å². The van der Waals surface area contributed by atoms with Crippen molar-refractivity contribution >= 4 is 5.97 Å². The summed E-state index contributed by atoms with van der Waals surface area (Å²) < 4.78 is 4.94. The first-order valence-electron chi connectivity index (χ1n) is 5.48. The van der Waals surface area contributed by atoms with Crippen molar-refractivity contribution in [3.63, 3.8) is 0 Å². The molecule has 4 N–H and O–H groups in total. The standard InChI is InChI=1S/C12H16O6/c1-7(2-3-13)6-18-12(17)8-4-9(14)11(16)10(15)5-8/h4-5,7,13-16H,2-3,6H2,1H3. The minimum absolute atomic E-state index is 0.0123. The summed E-state index contributed by atoms with van der Waals surface area (Å²) in [5.74, 6) is -2.57. The van der Waals surface area contributed by atoms with E-state index < -0.39 is 23.2 Å². The number of hydrogen-bond acceptors (Lipinski definition) is 6. The number of esters is 1. The molecule has 18 heavy (non-hydrogen) atoms. The number of aliphatic hydroxyl groups is 1. The zero-order valence-electron chi connectivity index (χ0n) is 9.96. The number of phenols is 3. The van der Waals surface area contributed by atoms with Crippen LogP contribution in [0.2, 0.25) is 0 Å². The highest BCUT2D eigenvalue weighted by molar-refractivity contribution is 5.91. The third-order valence-electron chi connectivity index (χ3n) is 2.43. The Morgan fingerprint density at radius 3 is 2.33 bits per heavy atom. The van der Waals surface area contributed by atoms with E-state index in [-0.39, 0.29) is 24.7 Å². The first-order chi connectivity index (χ1) is 8.45. The number of phenolic OH excluding ortho intramolecular Hbond substituents is 3. The number of carbonyl (C=O) groups is 1. The Balaban J connectivity index is 2.67. The number of aromatic hydroxyl groups is 3. The average Bonchev–Trinajstić information content (AvgIpc) is 2.32. The van der Waals surface area contributed by atoms with Crippen LogP contribution in [0.3, 0.4) is 0 Å². The maximum atomic E-state index is 11.6. The molecule has 1 aromatic carbocycles. The second kappa shape index (κ2) is 6.11. The lowest BCUT2D eigenvalue weighted by molar-refractivity contribution is 0.0431. The summed E-state index contributed by atoms with van der Waals surface area (Å²) in [6.45, 7) is 1.95. The monoisotopic (exact) mass is 256 g/mol. The SMILES string of the molecule is CC(CCO)COC(=O)c1cc(O)c(O)c(O)c1. The Morgan fingerprint density at radius 2 is 1.83 bits per heavy atom. The molecular formula is C12H16O6. The van der Waals surface area contributed by atoms with Crippen LogP contribution in [0.1, 0.15) is 23.7 Å². The minimum atomic E-state index is -0.717. The Hall–Kier alpha value is -1.95. The molecule has 6 nitrogen and oxygen atoms in total. The van der Waals surface area contributed by atoms with E-state index in [1.807, 2.05) is 6.92 Å². The number of hydrogen-bond donors (Lipinski definition) is 4. The van der Waals surface area contributed by atoms with E-state index in [2.05, 4.69) is 0 Å². The van der Waals surface area contributed by atoms with Gasteiger partial charge in [0, 0.05) is 6.61 Å². The minimum Gasteiger partial charge on any atom is -0.504 e. The van der Waals surface area contributed by atoms with E-state index in [1.165, 1.54) is 0 Å². The summed E-state index contributed by atoms with van der Waals surface area (Å²) in [6, 6.07) is 2.02. The molecule has 0 radical (unpaired) electrons. The third-order valence-corrected chi connectivity index (χ3v) is 2.43. The summed E-state index contributed by atoms with van der Waals surface area (Å²) in [5, 5.41) is 36.3. The van der Waals surface area contributed by atoms with Crippen molar-refractivity contribution in [2.45, 2.75) is 13.3 Å². The maximum absolute atomic E-state index is 11.6. The van der Waals surface area contributed by atoms with Crippen LogP contribution in [0.5, 0.6) is 17.2 Å². The molecule has 0 aliphatic heterocycles. The van der Waals surface area contributed by atoms with Crippen LogP contribution < -0.4 is 0 Å². The highest BCUT2D eigenvalue weighted by atomic mass is 16.5. The van der Waals surface area contributed by atoms with Crippen LogP contribution in [-0.2, 0) is 4.74 Å². The second-order valence-corrected chi connectivity index (χ2v) is 4.08. The lowest BCUT2D eigenvalue weighted by Gasteiger charge is -2.11. The third kappa shape index (κ3) is 3.53. The maximum Gasteiger partial charge on any atom is 0.338 e. The van der Waals surface area contributed by atoms with Gasteiger partial charge in [0.05, 0.1) is 12.2 Å². The molecule has 1 aromatic rings. The van der Waals surface area contributed by atoms with Gasteiger partial charge >= 0.3 is 5.97 Å². The number of carbonyl (C=O) groups excluding carboxylic acids is 1. The lowest BCUT2D eigenvalue weighted by Crippen LogP contribution is -2.13.